The van der Waals surface area contributed by atoms with Crippen molar-refractivity contribution in [2.75, 3.05) is 33.6 Å². The SMILES string of the molecule is CO[P+](O)(CC1COC(C)(C)OC1)OC. The summed E-state index contributed by atoms with van der Waals surface area (Å²) < 4.78 is 20.9. The highest BCUT2D eigenvalue weighted by atomic mass is 31.2. The van der Waals surface area contributed by atoms with Gasteiger partial charge < -0.3 is 9.47 Å². The van der Waals surface area contributed by atoms with Crippen LogP contribution in [0.5, 0.6) is 0 Å². The van der Waals surface area contributed by atoms with Crippen LogP contribution in [0.3, 0.4) is 0 Å². The Balaban J connectivity index is 2.41. The zero-order valence-electron chi connectivity index (χ0n) is 9.73. The maximum atomic E-state index is 9.87. The highest BCUT2D eigenvalue weighted by molar-refractivity contribution is 7.60. The van der Waals surface area contributed by atoms with Gasteiger partial charge in [-0.05, 0) is 13.8 Å². The average Bonchev–Trinajstić information content (AvgIpc) is 2.21. The van der Waals surface area contributed by atoms with Gasteiger partial charge in [0.1, 0.15) is 6.16 Å². The lowest BCUT2D eigenvalue weighted by Crippen LogP contribution is -2.40. The highest BCUT2D eigenvalue weighted by Gasteiger charge is 2.43. The van der Waals surface area contributed by atoms with Crippen molar-refractivity contribution >= 4 is 7.94 Å². The largest absolute Gasteiger partial charge is 0.408 e. The number of rotatable bonds is 4. The Labute approximate surface area is 91.2 Å². The van der Waals surface area contributed by atoms with Gasteiger partial charge >= 0.3 is 7.94 Å². The first-order valence-corrected chi connectivity index (χ1v) is 6.67. The van der Waals surface area contributed by atoms with Crippen molar-refractivity contribution in [3.05, 3.63) is 0 Å². The third-order valence-electron chi connectivity index (χ3n) is 2.39. The lowest BCUT2D eigenvalue weighted by molar-refractivity contribution is -0.259. The molecule has 0 saturated carbocycles. The van der Waals surface area contributed by atoms with Gasteiger partial charge in [0.25, 0.3) is 0 Å². The van der Waals surface area contributed by atoms with Crippen LogP contribution in [-0.2, 0) is 18.5 Å². The summed E-state index contributed by atoms with van der Waals surface area (Å²) in [6.07, 6.45) is 0.441. The van der Waals surface area contributed by atoms with Gasteiger partial charge in [0.05, 0.1) is 27.4 Å². The van der Waals surface area contributed by atoms with Gasteiger partial charge in [-0.15, -0.1) is 0 Å². The molecular formula is C9H20O5P+. The Bertz CT molecular complexity index is 195. The Morgan fingerprint density at radius 3 is 2.13 bits per heavy atom. The predicted octanol–water partition coefficient (Wildman–Crippen LogP) is 1.43. The molecule has 5 nitrogen and oxygen atoms in total. The van der Waals surface area contributed by atoms with E-state index in [-0.39, 0.29) is 5.92 Å². The minimum Gasteiger partial charge on any atom is -0.350 e. The van der Waals surface area contributed by atoms with Crippen molar-refractivity contribution < 1.29 is 23.4 Å². The third kappa shape index (κ3) is 3.94. The molecule has 1 saturated heterocycles. The van der Waals surface area contributed by atoms with Crippen LogP contribution in [-0.4, -0.2) is 44.3 Å². The summed E-state index contributed by atoms with van der Waals surface area (Å²) in [5, 5.41) is 0. The van der Waals surface area contributed by atoms with Gasteiger partial charge in [-0.1, -0.05) is 0 Å². The Kier molecular flexibility index (Phi) is 4.47. The zero-order valence-corrected chi connectivity index (χ0v) is 10.6. The minimum atomic E-state index is -2.70. The standard InChI is InChI=1S/C9H20O5P/c1-9(2)13-5-8(6-14-9)7-15(10,11-3)12-4/h8,10H,5-7H2,1-4H3/q+1. The summed E-state index contributed by atoms with van der Waals surface area (Å²) in [5.74, 6) is -0.399. The second-order valence-corrected chi connectivity index (χ2v) is 6.44. The van der Waals surface area contributed by atoms with Crippen LogP contribution in [0, 0.1) is 5.92 Å². The fourth-order valence-electron chi connectivity index (χ4n) is 1.38. The summed E-state index contributed by atoms with van der Waals surface area (Å²) >= 11 is 0. The molecule has 0 atom stereocenters. The van der Waals surface area contributed by atoms with E-state index in [0.717, 1.165) is 0 Å². The molecule has 0 aliphatic carbocycles. The topological polar surface area (TPSA) is 57.2 Å². The van der Waals surface area contributed by atoms with Crippen molar-refractivity contribution in [2.24, 2.45) is 5.92 Å². The van der Waals surface area contributed by atoms with Crippen LogP contribution in [0.25, 0.3) is 0 Å². The monoisotopic (exact) mass is 239 g/mol. The summed E-state index contributed by atoms with van der Waals surface area (Å²) in [7, 11) is 0.199. The third-order valence-corrected chi connectivity index (χ3v) is 4.51. The van der Waals surface area contributed by atoms with Gasteiger partial charge in [-0.25, -0.2) is 0 Å². The number of hydrogen-bond acceptors (Lipinski definition) is 5. The lowest BCUT2D eigenvalue weighted by Gasteiger charge is -2.34. The first-order valence-electron chi connectivity index (χ1n) is 4.91. The van der Waals surface area contributed by atoms with Crippen LogP contribution >= 0.6 is 7.94 Å². The van der Waals surface area contributed by atoms with Gasteiger partial charge in [-0.3, -0.25) is 0 Å². The van der Waals surface area contributed by atoms with Crippen molar-refractivity contribution in [1.29, 1.82) is 0 Å². The number of ether oxygens (including phenoxy) is 2. The van der Waals surface area contributed by atoms with Crippen molar-refractivity contribution in [3.8, 4) is 0 Å². The highest BCUT2D eigenvalue weighted by Crippen LogP contribution is 2.56. The Morgan fingerprint density at radius 1 is 1.27 bits per heavy atom. The van der Waals surface area contributed by atoms with Gasteiger partial charge in [0, 0.05) is 5.92 Å². The predicted molar refractivity (Wildman–Crippen MR) is 57.5 cm³/mol. The number of hydrogen-bond donors (Lipinski definition) is 1. The molecule has 0 amide bonds. The molecule has 0 radical (unpaired) electrons. The summed E-state index contributed by atoms with van der Waals surface area (Å²) in [5.41, 5.74) is 0. The molecule has 0 aromatic heterocycles. The molecular weight excluding hydrogens is 219 g/mol. The minimum absolute atomic E-state index is 0.122. The van der Waals surface area contributed by atoms with Gasteiger partial charge in [-0.2, -0.15) is 13.9 Å². The van der Waals surface area contributed by atoms with Crippen molar-refractivity contribution in [1.82, 2.24) is 0 Å². The molecule has 1 fully saturated rings. The zero-order chi connectivity index (χ0) is 11.5. The molecule has 0 unspecified atom stereocenters. The molecule has 6 heteroatoms. The van der Waals surface area contributed by atoms with E-state index >= 15 is 0 Å². The van der Waals surface area contributed by atoms with E-state index in [2.05, 4.69) is 0 Å². The molecule has 90 valence electrons. The molecule has 0 spiro atoms. The van der Waals surface area contributed by atoms with Crippen LogP contribution in [0.1, 0.15) is 13.8 Å². The molecule has 0 bridgehead atoms. The Morgan fingerprint density at radius 2 is 1.73 bits per heavy atom. The van der Waals surface area contributed by atoms with Crippen LogP contribution in [0.4, 0.5) is 0 Å². The fraction of sp³-hybridized carbons (Fsp3) is 1.00. The van der Waals surface area contributed by atoms with Gasteiger partial charge in [0.2, 0.25) is 0 Å². The van der Waals surface area contributed by atoms with Crippen molar-refractivity contribution in [3.63, 3.8) is 0 Å². The van der Waals surface area contributed by atoms with E-state index in [0.29, 0.717) is 19.4 Å². The van der Waals surface area contributed by atoms with Crippen LogP contribution in [0.2, 0.25) is 0 Å². The quantitative estimate of drug-likeness (QED) is 0.752. The maximum Gasteiger partial charge on any atom is 0.408 e. The molecule has 0 aromatic carbocycles. The van der Waals surface area contributed by atoms with E-state index in [1.807, 2.05) is 13.8 Å². The fourth-order valence-corrected chi connectivity index (χ4v) is 2.69. The second kappa shape index (κ2) is 5.04. The Hall–Kier alpha value is 0.230. The molecule has 1 rings (SSSR count). The molecule has 0 aromatic rings. The van der Waals surface area contributed by atoms with Gasteiger partial charge in [0.15, 0.2) is 5.79 Å². The summed E-state index contributed by atoms with van der Waals surface area (Å²) in [6, 6.07) is 0. The smallest absolute Gasteiger partial charge is 0.350 e. The van der Waals surface area contributed by atoms with Crippen LogP contribution < -0.4 is 0 Å². The molecule has 1 aliphatic heterocycles. The lowest BCUT2D eigenvalue weighted by atomic mass is 10.2. The summed E-state index contributed by atoms with van der Waals surface area (Å²) in [6.45, 7) is 4.86. The normalized spacial score (nSPS) is 23.0. The van der Waals surface area contributed by atoms with Crippen molar-refractivity contribution in [2.45, 2.75) is 19.6 Å². The molecule has 1 N–H and O–H groups in total. The second-order valence-electron chi connectivity index (χ2n) is 4.07. The summed E-state index contributed by atoms with van der Waals surface area (Å²) in [4.78, 5) is 9.87. The van der Waals surface area contributed by atoms with E-state index in [4.69, 9.17) is 18.5 Å². The first kappa shape index (κ1) is 13.3. The van der Waals surface area contributed by atoms with E-state index in [1.54, 1.807) is 0 Å². The molecule has 1 heterocycles. The average molecular weight is 239 g/mol. The molecule has 1 aliphatic rings. The van der Waals surface area contributed by atoms with E-state index < -0.39 is 13.7 Å². The molecule has 15 heavy (non-hydrogen) atoms. The first-order chi connectivity index (χ1) is 6.91. The maximum absolute atomic E-state index is 9.87. The van der Waals surface area contributed by atoms with E-state index in [1.165, 1.54) is 14.2 Å². The van der Waals surface area contributed by atoms with Crippen LogP contribution in [0.15, 0.2) is 0 Å². The van der Waals surface area contributed by atoms with E-state index in [9.17, 15) is 4.89 Å².